The van der Waals surface area contributed by atoms with Gasteiger partial charge < -0.3 is 4.90 Å². The van der Waals surface area contributed by atoms with Gasteiger partial charge in [-0.05, 0) is 37.5 Å². The molecule has 156 valence electrons. The zero-order valence-electron chi connectivity index (χ0n) is 17.0. The predicted molar refractivity (Wildman–Crippen MR) is 114 cm³/mol. The molecule has 0 bridgehead atoms. The Kier molecular flexibility index (Phi) is 5.53. The highest BCUT2D eigenvalue weighted by Gasteiger charge is 2.49. The highest BCUT2D eigenvalue weighted by atomic mass is 16.6. The van der Waals surface area contributed by atoms with Crippen LogP contribution in [0.15, 0.2) is 48.5 Å². The largest absolute Gasteiger partial charge is 0.362 e. The first-order chi connectivity index (χ1) is 14.5. The van der Waals surface area contributed by atoms with Gasteiger partial charge in [0.25, 0.3) is 5.69 Å². The van der Waals surface area contributed by atoms with Crippen molar-refractivity contribution in [3.63, 3.8) is 0 Å². The van der Waals surface area contributed by atoms with E-state index in [9.17, 15) is 19.7 Å². The van der Waals surface area contributed by atoms with Gasteiger partial charge in [0, 0.05) is 19.2 Å². The number of fused-ring (bicyclic) bond motifs is 1. The Morgan fingerprint density at radius 3 is 2.23 bits per heavy atom. The van der Waals surface area contributed by atoms with Crippen molar-refractivity contribution in [2.45, 2.75) is 39.2 Å². The van der Waals surface area contributed by atoms with Crippen molar-refractivity contribution >= 4 is 28.9 Å². The minimum atomic E-state index is -0.440. The molecule has 1 aliphatic heterocycles. The van der Waals surface area contributed by atoms with Gasteiger partial charge in [0.15, 0.2) is 0 Å². The van der Waals surface area contributed by atoms with E-state index in [4.69, 9.17) is 0 Å². The number of carbonyl (C=O) groups is 2. The first-order valence-corrected chi connectivity index (χ1v) is 10.5. The Bertz CT molecular complexity index is 952. The molecule has 4 rings (SSSR count). The molecule has 2 aromatic rings. The summed E-state index contributed by atoms with van der Waals surface area (Å²) in [7, 11) is 0. The quantitative estimate of drug-likeness (QED) is 0.405. The second-order valence-corrected chi connectivity index (χ2v) is 7.94. The van der Waals surface area contributed by atoms with Crippen LogP contribution in [-0.2, 0) is 16.1 Å². The van der Waals surface area contributed by atoms with Crippen molar-refractivity contribution in [1.82, 2.24) is 0 Å². The fourth-order valence-corrected chi connectivity index (χ4v) is 4.65. The van der Waals surface area contributed by atoms with Crippen LogP contribution in [0.5, 0.6) is 0 Å². The Labute approximate surface area is 175 Å². The smallest absolute Gasteiger partial charge is 0.294 e. The first-order valence-electron chi connectivity index (χ1n) is 10.5. The van der Waals surface area contributed by atoms with E-state index in [1.54, 1.807) is 12.1 Å². The molecule has 0 N–H and O–H groups in total. The molecule has 0 aromatic heterocycles. The lowest BCUT2D eigenvalue weighted by atomic mass is 9.81. The molecular weight excluding hydrogens is 382 g/mol. The molecule has 7 nitrogen and oxygen atoms in total. The van der Waals surface area contributed by atoms with Crippen LogP contribution in [0.2, 0.25) is 0 Å². The normalized spacial score (nSPS) is 20.9. The van der Waals surface area contributed by atoms with E-state index >= 15 is 0 Å². The van der Waals surface area contributed by atoms with Gasteiger partial charge in [-0.3, -0.25) is 19.7 Å². The van der Waals surface area contributed by atoms with E-state index in [1.165, 1.54) is 11.0 Å². The average molecular weight is 407 g/mol. The highest BCUT2D eigenvalue weighted by Crippen LogP contribution is 2.42. The Hall–Kier alpha value is -3.22. The van der Waals surface area contributed by atoms with Crippen molar-refractivity contribution in [3.05, 3.63) is 64.2 Å². The number of hydrogen-bond acceptors (Lipinski definition) is 5. The number of carbonyl (C=O) groups excluding carboxylic acids is 2. The topological polar surface area (TPSA) is 83.8 Å². The first kappa shape index (κ1) is 20.1. The molecule has 2 aromatic carbocycles. The summed E-state index contributed by atoms with van der Waals surface area (Å²) < 4.78 is 0. The van der Waals surface area contributed by atoms with Crippen LogP contribution in [0.1, 0.15) is 38.2 Å². The molecule has 1 aliphatic carbocycles. The van der Waals surface area contributed by atoms with Crippen molar-refractivity contribution in [3.8, 4) is 0 Å². The summed E-state index contributed by atoms with van der Waals surface area (Å²) in [4.78, 5) is 40.3. The number of anilines is 2. The average Bonchev–Trinajstić information content (AvgIpc) is 3.03. The van der Waals surface area contributed by atoms with E-state index in [1.807, 2.05) is 42.2 Å². The standard InChI is InChI=1S/C23H25N3O4/c1-2-24(15-16-8-4-3-5-9-16)20-13-12-17(14-21(20)26(29)30)25-22(27)18-10-6-7-11-19(18)23(25)28/h3-5,8-9,12-14,18-19H,2,6-7,10-11,15H2,1H3. The maximum absolute atomic E-state index is 12.9. The van der Waals surface area contributed by atoms with Crippen molar-refractivity contribution in [2.24, 2.45) is 11.8 Å². The third-order valence-corrected chi connectivity index (χ3v) is 6.19. The van der Waals surface area contributed by atoms with Gasteiger partial charge in [0.2, 0.25) is 11.8 Å². The summed E-state index contributed by atoms with van der Waals surface area (Å²) in [6, 6.07) is 14.4. The third kappa shape index (κ3) is 3.56. The molecule has 1 saturated heterocycles. The van der Waals surface area contributed by atoms with Gasteiger partial charge in [-0.2, -0.15) is 0 Å². The van der Waals surface area contributed by atoms with Gasteiger partial charge in [-0.25, -0.2) is 4.90 Å². The Morgan fingerprint density at radius 2 is 1.67 bits per heavy atom. The summed E-state index contributed by atoms with van der Waals surface area (Å²) >= 11 is 0. The summed E-state index contributed by atoms with van der Waals surface area (Å²) in [5.41, 5.74) is 1.73. The van der Waals surface area contributed by atoms with Crippen LogP contribution in [0.3, 0.4) is 0 Å². The SMILES string of the molecule is CCN(Cc1ccccc1)c1ccc(N2C(=O)C3CCCCC3C2=O)cc1[N+](=O)[O-]. The Balaban J connectivity index is 1.67. The summed E-state index contributed by atoms with van der Waals surface area (Å²) in [5.74, 6) is -1.00. The number of nitro benzene ring substituents is 1. The van der Waals surface area contributed by atoms with Crippen LogP contribution >= 0.6 is 0 Å². The van der Waals surface area contributed by atoms with Crippen LogP contribution in [0, 0.1) is 22.0 Å². The molecule has 2 aliphatic rings. The summed E-state index contributed by atoms with van der Waals surface area (Å²) in [5, 5.41) is 11.9. The molecule has 7 heteroatoms. The van der Waals surface area contributed by atoms with Crippen molar-refractivity contribution in [2.75, 3.05) is 16.3 Å². The monoisotopic (exact) mass is 407 g/mol. The molecule has 0 spiro atoms. The zero-order chi connectivity index (χ0) is 21.3. The van der Waals surface area contributed by atoms with E-state index in [2.05, 4.69) is 0 Å². The van der Waals surface area contributed by atoms with Gasteiger partial charge in [0.1, 0.15) is 5.69 Å². The van der Waals surface area contributed by atoms with Crippen LogP contribution in [0.25, 0.3) is 0 Å². The lowest BCUT2D eigenvalue weighted by Crippen LogP contribution is -2.31. The lowest BCUT2D eigenvalue weighted by Gasteiger charge is -2.24. The second kappa shape index (κ2) is 8.26. The molecule has 0 radical (unpaired) electrons. The number of hydrogen-bond donors (Lipinski definition) is 0. The maximum Gasteiger partial charge on any atom is 0.294 e. The molecule has 1 heterocycles. The number of rotatable bonds is 6. The molecule has 2 fully saturated rings. The number of nitrogens with zero attached hydrogens (tertiary/aromatic N) is 3. The zero-order valence-corrected chi connectivity index (χ0v) is 17.0. The minimum Gasteiger partial charge on any atom is -0.362 e. The number of amides is 2. The second-order valence-electron chi connectivity index (χ2n) is 7.94. The summed E-state index contributed by atoms with van der Waals surface area (Å²) in [6.45, 7) is 3.06. The fourth-order valence-electron chi connectivity index (χ4n) is 4.65. The Morgan fingerprint density at radius 1 is 1.03 bits per heavy atom. The number of benzene rings is 2. The molecule has 30 heavy (non-hydrogen) atoms. The van der Waals surface area contributed by atoms with E-state index in [0.29, 0.717) is 37.3 Å². The molecule has 2 amide bonds. The number of nitro groups is 1. The van der Waals surface area contributed by atoms with Gasteiger partial charge in [-0.1, -0.05) is 43.2 Å². The van der Waals surface area contributed by atoms with Crippen molar-refractivity contribution < 1.29 is 14.5 Å². The van der Waals surface area contributed by atoms with Crippen LogP contribution < -0.4 is 9.80 Å². The van der Waals surface area contributed by atoms with Gasteiger partial charge in [0.05, 0.1) is 22.4 Å². The van der Waals surface area contributed by atoms with Crippen LogP contribution in [-0.4, -0.2) is 23.3 Å². The lowest BCUT2D eigenvalue weighted by molar-refractivity contribution is -0.384. The fraction of sp³-hybridized carbons (Fsp3) is 0.391. The van der Waals surface area contributed by atoms with Crippen molar-refractivity contribution in [1.29, 1.82) is 0 Å². The highest BCUT2D eigenvalue weighted by molar-refractivity contribution is 6.22. The predicted octanol–water partition coefficient (Wildman–Crippen LogP) is 4.30. The van der Waals surface area contributed by atoms with E-state index in [-0.39, 0.29) is 29.3 Å². The van der Waals surface area contributed by atoms with E-state index < -0.39 is 4.92 Å². The molecule has 2 unspecified atom stereocenters. The molecular formula is C23H25N3O4. The molecule has 1 saturated carbocycles. The minimum absolute atomic E-state index is 0.0965. The maximum atomic E-state index is 12.9. The molecule has 2 atom stereocenters. The van der Waals surface area contributed by atoms with E-state index in [0.717, 1.165) is 18.4 Å². The van der Waals surface area contributed by atoms with Gasteiger partial charge >= 0.3 is 0 Å². The number of imide groups is 1. The van der Waals surface area contributed by atoms with Crippen LogP contribution in [0.4, 0.5) is 17.1 Å². The van der Waals surface area contributed by atoms with Gasteiger partial charge in [-0.15, -0.1) is 0 Å². The summed E-state index contributed by atoms with van der Waals surface area (Å²) in [6.07, 6.45) is 3.31. The third-order valence-electron chi connectivity index (χ3n) is 6.19.